The lowest BCUT2D eigenvalue weighted by Gasteiger charge is -2.12. The van der Waals surface area contributed by atoms with Crippen molar-refractivity contribution in [2.75, 3.05) is 6.54 Å². The number of pyridine rings is 1. The van der Waals surface area contributed by atoms with Crippen molar-refractivity contribution < 1.29 is 0 Å². The van der Waals surface area contributed by atoms with Gasteiger partial charge in [0, 0.05) is 22.7 Å². The molecule has 0 aliphatic heterocycles. The van der Waals surface area contributed by atoms with E-state index in [1.807, 2.05) is 24.3 Å². The summed E-state index contributed by atoms with van der Waals surface area (Å²) in [5.41, 5.74) is 1.24. The third kappa shape index (κ3) is 5.29. The molecule has 1 heterocycles. The number of halogens is 2. The monoisotopic (exact) mass is 384 g/mol. The number of benzene rings is 1. The molecule has 0 aliphatic rings. The van der Waals surface area contributed by atoms with E-state index in [4.69, 9.17) is 11.6 Å². The van der Waals surface area contributed by atoms with Crippen molar-refractivity contribution >= 4 is 39.3 Å². The van der Waals surface area contributed by atoms with Gasteiger partial charge in [-0.05, 0) is 58.2 Å². The predicted molar refractivity (Wildman–Crippen MR) is 94.1 cm³/mol. The molecule has 112 valence electrons. The van der Waals surface area contributed by atoms with Crippen molar-refractivity contribution in [3.63, 3.8) is 0 Å². The molecule has 0 unspecified atom stereocenters. The van der Waals surface area contributed by atoms with E-state index in [0.717, 1.165) is 32.5 Å². The second kappa shape index (κ2) is 8.18. The molecule has 1 aromatic heterocycles. The SMILES string of the molecule is CC(C)CNCc1ccc(Cl)cc1Sc1ncccc1Br. The Morgan fingerprint density at radius 3 is 2.86 bits per heavy atom. The van der Waals surface area contributed by atoms with Crippen LogP contribution >= 0.6 is 39.3 Å². The number of nitrogens with one attached hydrogen (secondary N) is 1. The zero-order valence-corrected chi connectivity index (χ0v) is 15.2. The van der Waals surface area contributed by atoms with E-state index in [-0.39, 0.29) is 0 Å². The van der Waals surface area contributed by atoms with E-state index in [1.54, 1.807) is 18.0 Å². The minimum absolute atomic E-state index is 0.637. The van der Waals surface area contributed by atoms with E-state index in [0.29, 0.717) is 5.92 Å². The van der Waals surface area contributed by atoms with Crippen LogP contribution < -0.4 is 5.32 Å². The van der Waals surface area contributed by atoms with Crippen molar-refractivity contribution in [2.45, 2.75) is 30.3 Å². The Balaban J connectivity index is 2.17. The maximum atomic E-state index is 6.14. The van der Waals surface area contributed by atoms with Crippen LogP contribution in [-0.4, -0.2) is 11.5 Å². The smallest absolute Gasteiger partial charge is 0.115 e. The Morgan fingerprint density at radius 1 is 1.33 bits per heavy atom. The quantitative estimate of drug-likeness (QED) is 0.721. The van der Waals surface area contributed by atoms with Crippen molar-refractivity contribution in [3.05, 3.63) is 51.6 Å². The summed E-state index contributed by atoms with van der Waals surface area (Å²) >= 11 is 11.3. The molecule has 0 amide bonds. The molecule has 0 bridgehead atoms. The average Bonchev–Trinajstić information content (AvgIpc) is 2.43. The molecule has 0 spiro atoms. The van der Waals surface area contributed by atoms with Crippen LogP contribution in [0.2, 0.25) is 5.02 Å². The second-order valence-electron chi connectivity index (χ2n) is 5.17. The lowest BCUT2D eigenvalue weighted by Crippen LogP contribution is -2.19. The highest BCUT2D eigenvalue weighted by Gasteiger charge is 2.09. The van der Waals surface area contributed by atoms with Gasteiger partial charge in [-0.25, -0.2) is 4.98 Å². The molecule has 0 saturated heterocycles. The summed E-state index contributed by atoms with van der Waals surface area (Å²) in [6.45, 7) is 6.24. The topological polar surface area (TPSA) is 24.9 Å². The standard InChI is InChI=1S/C16H18BrClN2S/c1-11(2)9-19-10-12-5-6-13(18)8-15(12)21-16-14(17)4-3-7-20-16/h3-8,11,19H,9-10H2,1-2H3. The molecular formula is C16H18BrClN2S. The van der Waals surface area contributed by atoms with E-state index in [1.165, 1.54) is 5.56 Å². The third-order valence-corrected chi connectivity index (χ3v) is 5.08. The Bertz CT molecular complexity index is 605. The first-order valence-corrected chi connectivity index (χ1v) is 8.82. The van der Waals surface area contributed by atoms with E-state index in [9.17, 15) is 0 Å². The number of aromatic nitrogens is 1. The zero-order valence-electron chi connectivity index (χ0n) is 12.1. The molecule has 2 rings (SSSR count). The van der Waals surface area contributed by atoms with E-state index >= 15 is 0 Å². The Hall–Kier alpha value is -0.550. The Kier molecular flexibility index (Phi) is 6.55. The maximum absolute atomic E-state index is 6.14. The van der Waals surface area contributed by atoms with Crippen LogP contribution in [0.15, 0.2) is 50.9 Å². The first-order chi connectivity index (χ1) is 10.1. The van der Waals surface area contributed by atoms with Crippen LogP contribution in [0.3, 0.4) is 0 Å². The summed E-state index contributed by atoms with van der Waals surface area (Å²) in [5, 5.41) is 5.17. The summed E-state index contributed by atoms with van der Waals surface area (Å²) in [5.74, 6) is 0.637. The van der Waals surface area contributed by atoms with Crippen molar-refractivity contribution in [3.8, 4) is 0 Å². The summed E-state index contributed by atoms with van der Waals surface area (Å²) in [7, 11) is 0. The molecule has 0 saturated carbocycles. The molecule has 5 heteroatoms. The van der Waals surface area contributed by atoms with Gasteiger partial charge >= 0.3 is 0 Å². The highest BCUT2D eigenvalue weighted by Crippen LogP contribution is 2.35. The fraction of sp³-hybridized carbons (Fsp3) is 0.312. The summed E-state index contributed by atoms with van der Waals surface area (Å²) in [6.07, 6.45) is 1.80. The Morgan fingerprint density at radius 2 is 2.14 bits per heavy atom. The predicted octanol–water partition coefficient (Wildman–Crippen LogP) is 5.39. The second-order valence-corrected chi connectivity index (χ2v) is 7.49. The average molecular weight is 386 g/mol. The van der Waals surface area contributed by atoms with Crippen LogP contribution in [0.1, 0.15) is 19.4 Å². The van der Waals surface area contributed by atoms with Gasteiger partial charge in [0.05, 0.1) is 4.47 Å². The highest BCUT2D eigenvalue weighted by atomic mass is 79.9. The van der Waals surface area contributed by atoms with Crippen molar-refractivity contribution in [2.24, 2.45) is 5.92 Å². The minimum atomic E-state index is 0.637. The molecule has 0 aliphatic carbocycles. The summed E-state index contributed by atoms with van der Waals surface area (Å²) in [6, 6.07) is 9.92. The van der Waals surface area contributed by atoms with Gasteiger partial charge < -0.3 is 5.32 Å². The molecule has 2 nitrogen and oxygen atoms in total. The van der Waals surface area contributed by atoms with E-state index in [2.05, 4.69) is 46.1 Å². The molecular weight excluding hydrogens is 368 g/mol. The van der Waals surface area contributed by atoms with Gasteiger partial charge in [-0.15, -0.1) is 0 Å². The molecule has 0 atom stereocenters. The number of rotatable bonds is 6. The molecule has 0 radical (unpaired) electrons. The van der Waals surface area contributed by atoms with Gasteiger partial charge in [-0.3, -0.25) is 0 Å². The molecule has 21 heavy (non-hydrogen) atoms. The minimum Gasteiger partial charge on any atom is -0.312 e. The van der Waals surface area contributed by atoms with Gasteiger partial charge in [0.25, 0.3) is 0 Å². The number of hydrogen-bond donors (Lipinski definition) is 1. The van der Waals surface area contributed by atoms with Crippen LogP contribution in [-0.2, 0) is 6.54 Å². The first-order valence-electron chi connectivity index (χ1n) is 6.84. The fourth-order valence-electron chi connectivity index (χ4n) is 1.82. The fourth-order valence-corrected chi connectivity index (χ4v) is 3.49. The van der Waals surface area contributed by atoms with Gasteiger partial charge in [-0.1, -0.05) is 43.3 Å². The van der Waals surface area contributed by atoms with Crippen molar-refractivity contribution in [1.82, 2.24) is 10.3 Å². The van der Waals surface area contributed by atoms with Crippen LogP contribution in [0.4, 0.5) is 0 Å². The summed E-state index contributed by atoms with van der Waals surface area (Å²) in [4.78, 5) is 5.54. The third-order valence-electron chi connectivity index (χ3n) is 2.83. The number of nitrogens with zero attached hydrogens (tertiary/aromatic N) is 1. The van der Waals surface area contributed by atoms with Gasteiger partial charge in [0.2, 0.25) is 0 Å². The lowest BCUT2D eigenvalue weighted by atomic mass is 10.2. The molecule has 1 N–H and O–H groups in total. The first kappa shape index (κ1) is 16.8. The summed E-state index contributed by atoms with van der Waals surface area (Å²) < 4.78 is 0.996. The molecule has 1 aromatic carbocycles. The van der Waals surface area contributed by atoms with E-state index < -0.39 is 0 Å². The largest absolute Gasteiger partial charge is 0.312 e. The molecule has 0 fully saturated rings. The van der Waals surface area contributed by atoms with Gasteiger partial charge in [0.15, 0.2) is 0 Å². The normalized spacial score (nSPS) is 11.1. The van der Waals surface area contributed by atoms with Crippen LogP contribution in [0, 0.1) is 5.92 Å². The van der Waals surface area contributed by atoms with Crippen molar-refractivity contribution in [1.29, 1.82) is 0 Å². The molecule has 2 aromatic rings. The van der Waals surface area contributed by atoms with Gasteiger partial charge in [-0.2, -0.15) is 0 Å². The maximum Gasteiger partial charge on any atom is 0.115 e. The zero-order chi connectivity index (χ0) is 15.2. The Labute approximate surface area is 143 Å². The van der Waals surface area contributed by atoms with Gasteiger partial charge in [0.1, 0.15) is 5.03 Å². The number of hydrogen-bond acceptors (Lipinski definition) is 3. The van der Waals surface area contributed by atoms with Crippen LogP contribution in [0.5, 0.6) is 0 Å². The van der Waals surface area contributed by atoms with Crippen LogP contribution in [0.25, 0.3) is 0 Å². The lowest BCUT2D eigenvalue weighted by molar-refractivity contribution is 0.550. The highest BCUT2D eigenvalue weighted by molar-refractivity contribution is 9.10.